The number of halogens is 1. The summed E-state index contributed by atoms with van der Waals surface area (Å²) in [6.07, 6.45) is 0.506. The van der Waals surface area contributed by atoms with Crippen LogP contribution in [-0.4, -0.2) is 50.6 Å². The van der Waals surface area contributed by atoms with Crippen molar-refractivity contribution in [3.8, 4) is 11.5 Å². The highest BCUT2D eigenvalue weighted by Gasteiger charge is 2.33. The molecule has 0 radical (unpaired) electrons. The molecule has 0 aromatic heterocycles. The summed E-state index contributed by atoms with van der Waals surface area (Å²) < 4.78 is 16.2. The van der Waals surface area contributed by atoms with Crippen molar-refractivity contribution in [2.75, 3.05) is 34.0 Å². The summed E-state index contributed by atoms with van der Waals surface area (Å²) in [4.78, 5) is 12.3. The highest BCUT2D eigenvalue weighted by molar-refractivity contribution is 9.10. The number of hydrogen-bond donors (Lipinski definition) is 2. The molecule has 1 aliphatic rings. The van der Waals surface area contributed by atoms with Gasteiger partial charge in [0.2, 0.25) is 0 Å². The van der Waals surface area contributed by atoms with Gasteiger partial charge in [0, 0.05) is 19.6 Å². The van der Waals surface area contributed by atoms with E-state index in [-0.39, 0.29) is 19.1 Å². The Hall–Kier alpha value is -1.31. The lowest BCUT2D eigenvalue weighted by molar-refractivity contribution is 0.0264. The number of aliphatic hydroxyl groups is 1. The van der Waals surface area contributed by atoms with Crippen molar-refractivity contribution in [3.63, 3.8) is 0 Å². The molecule has 6 nitrogen and oxygen atoms in total. The van der Waals surface area contributed by atoms with Gasteiger partial charge in [0.15, 0.2) is 0 Å². The molecule has 21 heavy (non-hydrogen) atoms. The van der Waals surface area contributed by atoms with E-state index in [1.807, 2.05) is 0 Å². The molecule has 1 unspecified atom stereocenters. The Balaban J connectivity index is 2.16. The lowest BCUT2D eigenvalue weighted by Gasteiger charge is -2.21. The molecule has 2 N–H and O–H groups in total. The number of ether oxygens (including phenoxy) is 3. The first-order valence-electron chi connectivity index (χ1n) is 6.49. The number of methoxy groups -OCH3 is 2. The van der Waals surface area contributed by atoms with Crippen LogP contribution in [-0.2, 0) is 4.74 Å². The predicted molar refractivity (Wildman–Crippen MR) is 80.0 cm³/mol. The molecule has 0 saturated carbocycles. The largest absolute Gasteiger partial charge is 0.497 e. The topological polar surface area (TPSA) is 77.0 Å². The highest BCUT2D eigenvalue weighted by atomic mass is 79.9. The molecule has 0 bridgehead atoms. The van der Waals surface area contributed by atoms with Gasteiger partial charge in [0.1, 0.15) is 17.1 Å². The van der Waals surface area contributed by atoms with Crippen LogP contribution in [0.25, 0.3) is 0 Å². The van der Waals surface area contributed by atoms with Crippen molar-refractivity contribution < 1.29 is 24.1 Å². The summed E-state index contributed by atoms with van der Waals surface area (Å²) in [6.45, 7) is 0.858. The van der Waals surface area contributed by atoms with Gasteiger partial charge in [-0.3, -0.25) is 4.79 Å². The molecule has 1 aliphatic heterocycles. The maximum atomic E-state index is 12.3. The minimum Gasteiger partial charge on any atom is -0.497 e. The van der Waals surface area contributed by atoms with E-state index in [1.165, 1.54) is 14.2 Å². The summed E-state index contributed by atoms with van der Waals surface area (Å²) in [5.74, 6) is 0.616. The molecule has 1 amide bonds. The van der Waals surface area contributed by atoms with Crippen molar-refractivity contribution in [2.45, 2.75) is 12.0 Å². The van der Waals surface area contributed by atoms with E-state index in [1.54, 1.807) is 12.1 Å². The van der Waals surface area contributed by atoms with Gasteiger partial charge >= 0.3 is 0 Å². The second-order valence-corrected chi connectivity index (χ2v) is 5.75. The van der Waals surface area contributed by atoms with Crippen LogP contribution in [0.5, 0.6) is 11.5 Å². The van der Waals surface area contributed by atoms with Crippen LogP contribution in [0.3, 0.4) is 0 Å². The zero-order chi connectivity index (χ0) is 15.5. The Bertz CT molecular complexity index is 528. The summed E-state index contributed by atoms with van der Waals surface area (Å²) in [5.41, 5.74) is -0.662. The first-order valence-corrected chi connectivity index (χ1v) is 7.28. The number of nitrogens with one attached hydrogen (secondary N) is 1. The standard InChI is InChI=1S/C14H18BrNO5/c1-19-9-5-10(12(20-2)11(15)6-9)13(17)16-7-14(18)3-4-21-8-14/h5-6,18H,3-4,7-8H2,1-2H3,(H,16,17). The van der Waals surface area contributed by atoms with Crippen molar-refractivity contribution in [1.82, 2.24) is 5.32 Å². The molecule has 7 heteroatoms. The SMILES string of the molecule is COc1cc(Br)c(OC)c(C(=O)NCC2(O)CCOC2)c1. The van der Waals surface area contributed by atoms with Gasteiger partial charge < -0.3 is 24.6 Å². The maximum Gasteiger partial charge on any atom is 0.255 e. The number of amides is 1. The first-order chi connectivity index (χ1) is 9.99. The number of carbonyl (C=O) groups is 1. The molecule has 1 aromatic rings. The minimum atomic E-state index is -1.00. The number of rotatable bonds is 5. The second-order valence-electron chi connectivity index (χ2n) is 4.90. The molecule has 1 saturated heterocycles. The lowest BCUT2D eigenvalue weighted by Crippen LogP contribution is -2.43. The summed E-state index contributed by atoms with van der Waals surface area (Å²) >= 11 is 3.34. The van der Waals surface area contributed by atoms with Gasteiger partial charge in [0.25, 0.3) is 5.91 Å². The van der Waals surface area contributed by atoms with Gasteiger partial charge in [-0.1, -0.05) is 0 Å². The van der Waals surface area contributed by atoms with E-state index in [4.69, 9.17) is 14.2 Å². The maximum absolute atomic E-state index is 12.3. The fourth-order valence-electron chi connectivity index (χ4n) is 2.14. The molecule has 1 heterocycles. The van der Waals surface area contributed by atoms with Gasteiger partial charge in [-0.05, 0) is 28.1 Å². The van der Waals surface area contributed by atoms with Crippen LogP contribution >= 0.6 is 15.9 Å². The van der Waals surface area contributed by atoms with Crippen LogP contribution < -0.4 is 14.8 Å². The average Bonchev–Trinajstić information content (AvgIpc) is 2.91. The van der Waals surface area contributed by atoms with Crippen molar-refractivity contribution in [2.24, 2.45) is 0 Å². The second kappa shape index (κ2) is 6.64. The highest BCUT2D eigenvalue weighted by Crippen LogP contribution is 2.33. The quantitative estimate of drug-likeness (QED) is 0.829. The smallest absolute Gasteiger partial charge is 0.255 e. The van der Waals surface area contributed by atoms with Crippen LogP contribution in [0.15, 0.2) is 16.6 Å². The monoisotopic (exact) mass is 359 g/mol. The molecule has 0 aliphatic carbocycles. The normalized spacial score (nSPS) is 21.1. The van der Waals surface area contributed by atoms with E-state index in [0.717, 1.165) is 0 Å². The van der Waals surface area contributed by atoms with Crippen LogP contribution in [0, 0.1) is 0 Å². The number of carbonyl (C=O) groups excluding carboxylic acids is 1. The van der Waals surface area contributed by atoms with E-state index in [0.29, 0.717) is 34.6 Å². The first kappa shape index (κ1) is 16.1. The van der Waals surface area contributed by atoms with Crippen LogP contribution in [0.1, 0.15) is 16.8 Å². The Labute approximate surface area is 131 Å². The van der Waals surface area contributed by atoms with Crippen molar-refractivity contribution in [1.29, 1.82) is 0 Å². The van der Waals surface area contributed by atoms with Crippen molar-refractivity contribution in [3.05, 3.63) is 22.2 Å². The van der Waals surface area contributed by atoms with E-state index >= 15 is 0 Å². The minimum absolute atomic E-state index is 0.129. The van der Waals surface area contributed by atoms with Gasteiger partial charge in [0.05, 0.1) is 30.9 Å². The molecule has 1 fully saturated rings. The lowest BCUT2D eigenvalue weighted by atomic mass is 10.0. The van der Waals surface area contributed by atoms with E-state index < -0.39 is 5.60 Å². The Morgan fingerprint density at radius 3 is 2.81 bits per heavy atom. The molecule has 116 valence electrons. The summed E-state index contributed by atoms with van der Waals surface area (Å²) in [6, 6.07) is 3.31. The fourth-order valence-corrected chi connectivity index (χ4v) is 2.74. The Morgan fingerprint density at radius 2 is 2.24 bits per heavy atom. The van der Waals surface area contributed by atoms with Gasteiger partial charge in [-0.25, -0.2) is 0 Å². The average molecular weight is 360 g/mol. The molecule has 1 atom stereocenters. The molecule has 0 spiro atoms. The van der Waals surface area contributed by atoms with Gasteiger partial charge in [-0.2, -0.15) is 0 Å². The zero-order valence-corrected chi connectivity index (χ0v) is 13.5. The summed E-state index contributed by atoms with van der Waals surface area (Å²) in [5, 5.41) is 12.9. The van der Waals surface area contributed by atoms with E-state index in [2.05, 4.69) is 21.2 Å². The van der Waals surface area contributed by atoms with Crippen LogP contribution in [0.4, 0.5) is 0 Å². The van der Waals surface area contributed by atoms with Gasteiger partial charge in [-0.15, -0.1) is 0 Å². The van der Waals surface area contributed by atoms with Crippen LogP contribution in [0.2, 0.25) is 0 Å². The fraction of sp³-hybridized carbons (Fsp3) is 0.500. The molecular weight excluding hydrogens is 342 g/mol. The molecular formula is C14H18BrNO5. The van der Waals surface area contributed by atoms with E-state index in [9.17, 15) is 9.90 Å². The third kappa shape index (κ3) is 3.66. The third-order valence-corrected chi connectivity index (χ3v) is 3.95. The zero-order valence-electron chi connectivity index (χ0n) is 11.9. The third-order valence-electron chi connectivity index (χ3n) is 3.36. The Morgan fingerprint density at radius 1 is 1.48 bits per heavy atom. The molecule has 1 aromatic carbocycles. The van der Waals surface area contributed by atoms with Crippen molar-refractivity contribution >= 4 is 21.8 Å². The predicted octanol–water partition coefficient (Wildman–Crippen LogP) is 1.35. The Kier molecular flexibility index (Phi) is 5.08. The number of hydrogen-bond acceptors (Lipinski definition) is 5. The number of benzene rings is 1. The molecule has 2 rings (SSSR count). The summed E-state index contributed by atoms with van der Waals surface area (Å²) in [7, 11) is 3.01.